The molecule has 2 atom stereocenters. The Hall–Kier alpha value is -1.10. The highest BCUT2D eigenvalue weighted by molar-refractivity contribution is 5.30. The van der Waals surface area contributed by atoms with Crippen LogP contribution in [0.5, 0.6) is 5.75 Å². The van der Waals surface area contributed by atoms with Crippen molar-refractivity contribution in [3.05, 3.63) is 29.8 Å². The largest absolute Gasteiger partial charge is 0.497 e. The SMILES string of the molecule is COc1cccc(CC2(O)C(CN3CCCCC3)CCCC2CN2CCCCC2)c1. The number of methoxy groups -OCH3 is 1. The fourth-order valence-corrected chi connectivity index (χ4v) is 6.25. The van der Waals surface area contributed by atoms with Crippen molar-refractivity contribution in [2.75, 3.05) is 46.4 Å². The fraction of sp³-hybridized carbons (Fsp3) is 0.769. The van der Waals surface area contributed by atoms with Gasteiger partial charge in [-0.2, -0.15) is 0 Å². The number of piperidine rings is 2. The maximum Gasteiger partial charge on any atom is 0.119 e. The summed E-state index contributed by atoms with van der Waals surface area (Å²) in [6, 6.07) is 8.37. The van der Waals surface area contributed by atoms with E-state index in [2.05, 4.69) is 28.0 Å². The molecule has 30 heavy (non-hydrogen) atoms. The molecule has 1 saturated carbocycles. The van der Waals surface area contributed by atoms with Crippen LogP contribution in [-0.4, -0.2) is 66.9 Å². The van der Waals surface area contributed by atoms with Gasteiger partial charge in [-0.25, -0.2) is 0 Å². The summed E-state index contributed by atoms with van der Waals surface area (Å²) in [6.07, 6.45) is 12.3. The molecule has 1 aliphatic carbocycles. The zero-order valence-electron chi connectivity index (χ0n) is 19.0. The molecular weight excluding hydrogens is 372 g/mol. The minimum atomic E-state index is -0.625. The number of rotatable bonds is 7. The molecule has 1 aromatic rings. The van der Waals surface area contributed by atoms with E-state index in [0.29, 0.717) is 11.8 Å². The standard InChI is InChI=1S/C26H42N2O2/c1-30-25-13-8-10-22(18-25)19-26(29)23(20-27-14-4-2-5-15-27)11-9-12-24(26)21-28-16-6-3-7-17-28/h8,10,13,18,23-24,29H,2-7,9,11-12,14-17,19-21H2,1H3. The van der Waals surface area contributed by atoms with Crippen molar-refractivity contribution in [1.82, 2.24) is 9.80 Å². The van der Waals surface area contributed by atoms with Gasteiger partial charge in [0, 0.05) is 31.3 Å². The normalized spacial score (nSPS) is 31.5. The Labute approximate surface area is 183 Å². The first-order valence-electron chi connectivity index (χ1n) is 12.5. The number of hydrogen-bond acceptors (Lipinski definition) is 4. The fourth-order valence-electron chi connectivity index (χ4n) is 6.25. The van der Waals surface area contributed by atoms with Crippen molar-refractivity contribution >= 4 is 0 Å². The van der Waals surface area contributed by atoms with Crippen molar-refractivity contribution in [3.8, 4) is 5.75 Å². The molecule has 2 saturated heterocycles. The molecule has 4 rings (SSSR count). The summed E-state index contributed by atoms with van der Waals surface area (Å²) in [5.41, 5.74) is 0.588. The predicted molar refractivity (Wildman–Crippen MR) is 123 cm³/mol. The van der Waals surface area contributed by atoms with Gasteiger partial charge >= 0.3 is 0 Å². The van der Waals surface area contributed by atoms with Crippen molar-refractivity contribution in [3.63, 3.8) is 0 Å². The van der Waals surface area contributed by atoms with Crippen molar-refractivity contribution < 1.29 is 9.84 Å². The zero-order valence-corrected chi connectivity index (χ0v) is 19.0. The quantitative estimate of drug-likeness (QED) is 0.719. The molecule has 1 N–H and O–H groups in total. The smallest absolute Gasteiger partial charge is 0.119 e. The van der Waals surface area contributed by atoms with Crippen LogP contribution in [0.1, 0.15) is 63.4 Å². The summed E-state index contributed by atoms with van der Waals surface area (Å²) < 4.78 is 5.48. The molecule has 0 radical (unpaired) electrons. The van der Waals surface area contributed by atoms with E-state index in [-0.39, 0.29) is 0 Å². The molecule has 168 valence electrons. The van der Waals surface area contributed by atoms with Gasteiger partial charge in [-0.1, -0.05) is 31.4 Å². The third kappa shape index (κ3) is 5.38. The Bertz CT molecular complexity index is 624. The first kappa shape index (κ1) is 22.1. The van der Waals surface area contributed by atoms with Crippen LogP contribution >= 0.6 is 0 Å². The maximum atomic E-state index is 12.4. The number of ether oxygens (including phenoxy) is 1. The van der Waals surface area contributed by atoms with E-state index in [1.807, 2.05) is 6.07 Å². The Morgan fingerprint density at radius 3 is 1.97 bits per heavy atom. The second kappa shape index (κ2) is 10.5. The minimum absolute atomic E-state index is 0.366. The van der Waals surface area contributed by atoms with Crippen LogP contribution in [-0.2, 0) is 6.42 Å². The van der Waals surface area contributed by atoms with E-state index in [4.69, 9.17) is 4.74 Å². The highest BCUT2D eigenvalue weighted by atomic mass is 16.5. The van der Waals surface area contributed by atoms with Gasteiger partial charge in [-0.15, -0.1) is 0 Å². The molecule has 3 fully saturated rings. The van der Waals surface area contributed by atoms with Gasteiger partial charge in [0.15, 0.2) is 0 Å². The van der Waals surface area contributed by atoms with E-state index < -0.39 is 5.60 Å². The lowest BCUT2D eigenvalue weighted by molar-refractivity contribution is -0.112. The van der Waals surface area contributed by atoms with E-state index in [1.54, 1.807) is 7.11 Å². The van der Waals surface area contributed by atoms with Crippen LogP contribution in [0.15, 0.2) is 24.3 Å². The molecule has 4 heteroatoms. The molecule has 2 heterocycles. The monoisotopic (exact) mass is 414 g/mol. The number of aliphatic hydroxyl groups is 1. The van der Waals surface area contributed by atoms with Crippen LogP contribution in [0.2, 0.25) is 0 Å². The molecule has 1 aromatic carbocycles. The van der Waals surface area contributed by atoms with E-state index in [9.17, 15) is 5.11 Å². The van der Waals surface area contributed by atoms with Gasteiger partial charge in [0.05, 0.1) is 12.7 Å². The second-order valence-electron chi connectivity index (χ2n) is 10.1. The molecule has 0 bridgehead atoms. The van der Waals surface area contributed by atoms with Gasteiger partial charge in [0.2, 0.25) is 0 Å². The molecule has 0 amide bonds. The Morgan fingerprint density at radius 2 is 1.43 bits per heavy atom. The Kier molecular flexibility index (Phi) is 7.72. The summed E-state index contributed by atoms with van der Waals surface area (Å²) >= 11 is 0. The average molecular weight is 415 g/mol. The lowest BCUT2D eigenvalue weighted by atomic mass is 9.65. The number of hydrogen-bond donors (Lipinski definition) is 1. The van der Waals surface area contributed by atoms with Crippen molar-refractivity contribution in [1.29, 1.82) is 0 Å². The highest BCUT2D eigenvalue weighted by Crippen LogP contribution is 2.42. The Balaban J connectivity index is 1.54. The number of nitrogens with zero attached hydrogens (tertiary/aromatic N) is 2. The average Bonchev–Trinajstić information content (AvgIpc) is 2.78. The molecular formula is C26H42N2O2. The molecule has 2 aliphatic heterocycles. The van der Waals surface area contributed by atoms with Gasteiger partial charge in [-0.05, 0) is 82.4 Å². The topological polar surface area (TPSA) is 35.9 Å². The number of benzene rings is 1. The maximum absolute atomic E-state index is 12.4. The lowest BCUT2D eigenvalue weighted by Crippen LogP contribution is -2.56. The lowest BCUT2D eigenvalue weighted by Gasteiger charge is -2.49. The molecule has 2 unspecified atom stereocenters. The van der Waals surface area contributed by atoms with Crippen molar-refractivity contribution in [2.45, 2.75) is 69.8 Å². The summed E-state index contributed by atoms with van der Waals surface area (Å²) in [6.45, 7) is 6.98. The van der Waals surface area contributed by atoms with E-state index in [0.717, 1.165) is 38.1 Å². The summed E-state index contributed by atoms with van der Waals surface area (Å²) in [5.74, 6) is 1.63. The Morgan fingerprint density at radius 1 is 0.867 bits per heavy atom. The predicted octanol–water partition coefficient (Wildman–Crippen LogP) is 4.36. The first-order chi connectivity index (χ1) is 14.7. The highest BCUT2D eigenvalue weighted by Gasteiger charge is 2.47. The van der Waals surface area contributed by atoms with Crippen LogP contribution < -0.4 is 4.74 Å². The third-order valence-electron chi connectivity index (χ3n) is 8.00. The summed E-state index contributed by atoms with van der Waals surface area (Å²) in [5, 5.41) is 12.4. The van der Waals surface area contributed by atoms with E-state index in [1.165, 1.54) is 76.7 Å². The van der Waals surface area contributed by atoms with Crippen LogP contribution in [0.25, 0.3) is 0 Å². The zero-order chi connectivity index (χ0) is 20.8. The second-order valence-corrected chi connectivity index (χ2v) is 10.1. The third-order valence-corrected chi connectivity index (χ3v) is 8.00. The van der Waals surface area contributed by atoms with Gasteiger partial charge in [0.1, 0.15) is 5.75 Å². The van der Waals surface area contributed by atoms with Crippen LogP contribution in [0, 0.1) is 11.8 Å². The minimum Gasteiger partial charge on any atom is -0.497 e. The van der Waals surface area contributed by atoms with Crippen molar-refractivity contribution in [2.24, 2.45) is 11.8 Å². The van der Waals surface area contributed by atoms with E-state index >= 15 is 0 Å². The molecule has 4 nitrogen and oxygen atoms in total. The van der Waals surface area contributed by atoms with Gasteiger partial charge in [-0.3, -0.25) is 0 Å². The molecule has 0 aromatic heterocycles. The van der Waals surface area contributed by atoms with Crippen LogP contribution in [0.3, 0.4) is 0 Å². The summed E-state index contributed by atoms with van der Waals surface area (Å²) in [4.78, 5) is 5.27. The summed E-state index contributed by atoms with van der Waals surface area (Å²) in [7, 11) is 1.73. The van der Waals surface area contributed by atoms with Gasteiger partial charge in [0.25, 0.3) is 0 Å². The van der Waals surface area contributed by atoms with Gasteiger partial charge < -0.3 is 19.6 Å². The molecule has 0 spiro atoms. The number of likely N-dealkylation sites (tertiary alicyclic amines) is 2. The first-order valence-corrected chi connectivity index (χ1v) is 12.5. The molecule has 3 aliphatic rings. The van der Waals surface area contributed by atoms with Crippen LogP contribution in [0.4, 0.5) is 0 Å².